The zero-order valence-corrected chi connectivity index (χ0v) is 24.6. The molecule has 4 aromatic rings. The van der Waals surface area contributed by atoms with E-state index in [1.54, 1.807) is 6.07 Å². The zero-order valence-electron chi connectivity index (χ0n) is 22.2. The lowest BCUT2D eigenvalue weighted by molar-refractivity contribution is -0.117. The van der Waals surface area contributed by atoms with Crippen LogP contribution in [0.5, 0.6) is 0 Å². The summed E-state index contributed by atoms with van der Waals surface area (Å²) in [5, 5.41) is 7.45. The summed E-state index contributed by atoms with van der Waals surface area (Å²) in [5.41, 5.74) is 5.06. The number of aryl methyl sites for hydroxylation is 1. The van der Waals surface area contributed by atoms with Crippen LogP contribution in [0.2, 0.25) is 5.02 Å². The highest BCUT2D eigenvalue weighted by Crippen LogP contribution is 2.26. The second-order valence-corrected chi connectivity index (χ2v) is 11.4. The number of nitrogens with zero attached hydrogens (tertiary/aromatic N) is 2. The number of amides is 2. The van der Waals surface area contributed by atoms with Crippen molar-refractivity contribution in [1.29, 1.82) is 0 Å². The number of halogens is 2. The number of carbonyl (C=O) groups is 2. The molecule has 2 heterocycles. The molecule has 204 valence electrons. The van der Waals surface area contributed by atoms with E-state index in [-0.39, 0.29) is 11.8 Å². The van der Waals surface area contributed by atoms with Gasteiger partial charge in [-0.15, -0.1) is 0 Å². The number of rotatable bonds is 7. The fourth-order valence-electron chi connectivity index (χ4n) is 4.79. The second-order valence-electron chi connectivity index (χ2n) is 10.0. The van der Waals surface area contributed by atoms with Crippen molar-refractivity contribution in [3.63, 3.8) is 0 Å². The van der Waals surface area contributed by atoms with Gasteiger partial charge in [0, 0.05) is 26.3 Å². The van der Waals surface area contributed by atoms with Crippen LogP contribution in [-0.4, -0.2) is 41.3 Å². The van der Waals surface area contributed by atoms with Crippen molar-refractivity contribution in [3.8, 4) is 0 Å². The molecule has 0 atom stereocenters. The Labute approximate surface area is 247 Å². The van der Waals surface area contributed by atoms with Crippen LogP contribution in [0, 0.1) is 6.92 Å². The number of fused-ring (bicyclic) bond motifs is 1. The van der Waals surface area contributed by atoms with E-state index in [9.17, 15) is 9.59 Å². The number of pyridine rings is 1. The topological polar surface area (TPSA) is 74.3 Å². The fourth-order valence-corrected chi connectivity index (χ4v) is 5.28. The van der Waals surface area contributed by atoms with Crippen LogP contribution < -0.4 is 10.6 Å². The molecule has 2 N–H and O–H groups in total. The van der Waals surface area contributed by atoms with E-state index >= 15 is 0 Å². The van der Waals surface area contributed by atoms with Gasteiger partial charge in [-0.3, -0.25) is 14.5 Å². The Balaban J connectivity index is 1.38. The number of piperidine rings is 1. The first-order valence-corrected chi connectivity index (χ1v) is 14.5. The molecule has 0 radical (unpaired) electrons. The van der Waals surface area contributed by atoms with Gasteiger partial charge in [-0.05, 0) is 98.6 Å². The Kier molecular flexibility index (Phi) is 8.94. The van der Waals surface area contributed by atoms with Crippen molar-refractivity contribution in [2.45, 2.75) is 26.2 Å². The van der Waals surface area contributed by atoms with E-state index in [0.717, 1.165) is 46.9 Å². The van der Waals surface area contributed by atoms with Crippen molar-refractivity contribution in [2.75, 3.05) is 30.3 Å². The molecule has 3 aromatic carbocycles. The highest BCUT2D eigenvalue weighted by molar-refractivity contribution is 9.10. The van der Waals surface area contributed by atoms with E-state index < -0.39 is 0 Å². The van der Waals surface area contributed by atoms with Crippen molar-refractivity contribution >= 4 is 73.8 Å². The van der Waals surface area contributed by atoms with E-state index in [0.29, 0.717) is 39.7 Å². The van der Waals surface area contributed by atoms with Crippen LogP contribution in [0.3, 0.4) is 0 Å². The molecular weight excluding hydrogens is 588 g/mol. The van der Waals surface area contributed by atoms with Gasteiger partial charge < -0.3 is 10.6 Å². The predicted octanol–water partition coefficient (Wildman–Crippen LogP) is 7.81. The van der Waals surface area contributed by atoms with Crippen LogP contribution in [0.4, 0.5) is 11.4 Å². The van der Waals surface area contributed by atoms with E-state index in [4.69, 9.17) is 16.6 Å². The molecular formula is C32H30BrClN4O2. The third-order valence-electron chi connectivity index (χ3n) is 6.94. The first-order valence-electron chi connectivity index (χ1n) is 13.3. The summed E-state index contributed by atoms with van der Waals surface area (Å²) in [4.78, 5) is 33.2. The van der Waals surface area contributed by atoms with Crippen molar-refractivity contribution < 1.29 is 9.59 Å². The van der Waals surface area contributed by atoms with Crippen LogP contribution >= 0.6 is 27.5 Å². The maximum absolute atomic E-state index is 13.6. The Morgan fingerprint density at radius 2 is 1.73 bits per heavy atom. The molecule has 1 aliphatic rings. The first-order chi connectivity index (χ1) is 19.3. The lowest BCUT2D eigenvalue weighted by Crippen LogP contribution is -2.36. The normalized spacial score (nSPS) is 14.0. The number of anilines is 2. The molecule has 0 bridgehead atoms. The number of aromatic nitrogens is 1. The van der Waals surface area contributed by atoms with E-state index in [1.807, 2.05) is 79.7 Å². The quantitative estimate of drug-likeness (QED) is 0.222. The summed E-state index contributed by atoms with van der Waals surface area (Å²) in [7, 11) is 0. The monoisotopic (exact) mass is 616 g/mol. The van der Waals surface area contributed by atoms with Gasteiger partial charge in [0.1, 0.15) is 0 Å². The number of carbonyl (C=O) groups excluding carboxylic acids is 2. The third-order valence-corrected chi connectivity index (χ3v) is 7.68. The van der Waals surface area contributed by atoms with Crippen LogP contribution in [0.15, 0.2) is 71.2 Å². The standard InChI is InChI=1S/C32H30BrClN4O2/c1-21-5-12-26(19-30(21)37-31(39)20-38-15-3-2-4-16-38)36-32(40)28-18-25(13-8-22-6-10-24(34)11-7-22)35-29-14-9-23(33)17-27(28)29/h5-14,17-19H,2-4,15-16,20H2,1H3,(H,36,40)(H,37,39)/b13-8+. The van der Waals surface area contributed by atoms with Crippen LogP contribution in [0.25, 0.3) is 23.1 Å². The Morgan fingerprint density at radius 3 is 2.50 bits per heavy atom. The molecule has 1 fully saturated rings. The first kappa shape index (κ1) is 28.0. The minimum Gasteiger partial charge on any atom is -0.325 e. The summed E-state index contributed by atoms with van der Waals surface area (Å²) in [6, 6.07) is 20.5. The Bertz CT molecular complexity index is 1580. The van der Waals surface area contributed by atoms with Crippen LogP contribution in [0.1, 0.15) is 46.4 Å². The molecule has 1 aliphatic heterocycles. The van der Waals surface area contributed by atoms with E-state index in [2.05, 4.69) is 31.5 Å². The molecule has 0 spiro atoms. The van der Waals surface area contributed by atoms with Gasteiger partial charge in [-0.1, -0.05) is 58.2 Å². The highest BCUT2D eigenvalue weighted by Gasteiger charge is 2.16. The maximum atomic E-state index is 13.6. The van der Waals surface area contributed by atoms with Gasteiger partial charge in [0.15, 0.2) is 0 Å². The Morgan fingerprint density at radius 1 is 0.950 bits per heavy atom. The molecule has 6 nitrogen and oxygen atoms in total. The van der Waals surface area contributed by atoms with Crippen molar-refractivity contribution in [2.24, 2.45) is 0 Å². The lowest BCUT2D eigenvalue weighted by Gasteiger charge is -2.25. The number of hydrogen-bond acceptors (Lipinski definition) is 4. The fraction of sp³-hybridized carbons (Fsp3) is 0.219. The zero-order chi connectivity index (χ0) is 28.1. The van der Waals surface area contributed by atoms with Crippen LogP contribution in [-0.2, 0) is 4.79 Å². The maximum Gasteiger partial charge on any atom is 0.256 e. The van der Waals surface area contributed by atoms with E-state index in [1.165, 1.54) is 6.42 Å². The molecule has 5 rings (SSSR count). The smallest absolute Gasteiger partial charge is 0.256 e. The average molecular weight is 618 g/mol. The molecule has 8 heteroatoms. The molecule has 0 aliphatic carbocycles. The van der Waals surface area contributed by atoms with Gasteiger partial charge in [0.25, 0.3) is 5.91 Å². The lowest BCUT2D eigenvalue weighted by atomic mass is 10.1. The Hall–Kier alpha value is -3.52. The van der Waals surface area contributed by atoms with Gasteiger partial charge in [0.05, 0.1) is 23.3 Å². The summed E-state index contributed by atoms with van der Waals surface area (Å²) >= 11 is 9.52. The van der Waals surface area contributed by atoms with Gasteiger partial charge in [-0.25, -0.2) is 4.98 Å². The molecule has 1 saturated heterocycles. The van der Waals surface area contributed by atoms with Gasteiger partial charge >= 0.3 is 0 Å². The summed E-state index contributed by atoms with van der Waals surface area (Å²) < 4.78 is 0.856. The number of benzene rings is 3. The predicted molar refractivity (Wildman–Crippen MR) is 168 cm³/mol. The minimum absolute atomic E-state index is 0.0458. The van der Waals surface area contributed by atoms with Gasteiger partial charge in [-0.2, -0.15) is 0 Å². The summed E-state index contributed by atoms with van der Waals surface area (Å²) in [5.74, 6) is -0.309. The number of hydrogen-bond donors (Lipinski definition) is 2. The molecule has 0 saturated carbocycles. The number of likely N-dealkylation sites (tertiary alicyclic amines) is 1. The highest BCUT2D eigenvalue weighted by atomic mass is 79.9. The molecule has 0 unspecified atom stereocenters. The summed E-state index contributed by atoms with van der Waals surface area (Å²) in [6.07, 6.45) is 7.30. The minimum atomic E-state index is -0.263. The van der Waals surface area contributed by atoms with Crippen molar-refractivity contribution in [1.82, 2.24) is 9.88 Å². The average Bonchev–Trinajstić information content (AvgIpc) is 2.94. The third kappa shape index (κ3) is 7.16. The van der Waals surface area contributed by atoms with Gasteiger partial charge in [0.2, 0.25) is 5.91 Å². The molecule has 2 amide bonds. The molecule has 1 aromatic heterocycles. The number of nitrogens with one attached hydrogen (secondary N) is 2. The molecule has 40 heavy (non-hydrogen) atoms. The van der Waals surface area contributed by atoms with Crippen molar-refractivity contribution in [3.05, 3.63) is 98.6 Å². The SMILES string of the molecule is Cc1ccc(NC(=O)c2cc(/C=C/c3ccc(Cl)cc3)nc3ccc(Br)cc23)cc1NC(=O)CN1CCCCC1. The largest absolute Gasteiger partial charge is 0.325 e. The summed E-state index contributed by atoms with van der Waals surface area (Å²) in [6.45, 7) is 4.22. The second kappa shape index (κ2) is 12.8.